The molecular formula is C17H24O3. The molecule has 0 N–H and O–H groups in total. The van der Waals surface area contributed by atoms with Crippen molar-refractivity contribution in [2.45, 2.75) is 46.1 Å². The van der Waals surface area contributed by atoms with Gasteiger partial charge >= 0.3 is 0 Å². The van der Waals surface area contributed by atoms with Gasteiger partial charge in [-0.05, 0) is 29.0 Å². The fraction of sp³-hybridized carbons (Fsp3) is 0.588. The van der Waals surface area contributed by atoms with Crippen molar-refractivity contribution in [1.82, 2.24) is 0 Å². The van der Waals surface area contributed by atoms with Gasteiger partial charge in [0.25, 0.3) is 0 Å². The van der Waals surface area contributed by atoms with Crippen molar-refractivity contribution < 1.29 is 14.3 Å². The smallest absolute Gasteiger partial charge is 0.162 e. The van der Waals surface area contributed by atoms with Crippen LogP contribution >= 0.6 is 0 Å². The number of aryl methyl sites for hydroxylation is 1. The maximum absolute atomic E-state index is 12.3. The molecule has 1 aromatic carbocycles. The first-order valence-corrected chi connectivity index (χ1v) is 7.22. The van der Waals surface area contributed by atoms with E-state index in [1.54, 1.807) is 7.11 Å². The van der Waals surface area contributed by atoms with Crippen LogP contribution in [0, 0.1) is 5.41 Å². The zero-order valence-electron chi connectivity index (χ0n) is 12.9. The van der Waals surface area contributed by atoms with Gasteiger partial charge in [-0.3, -0.25) is 4.79 Å². The van der Waals surface area contributed by atoms with Gasteiger partial charge in [0.15, 0.2) is 5.78 Å². The zero-order chi connectivity index (χ0) is 14.8. The molecule has 0 aromatic heterocycles. The van der Waals surface area contributed by atoms with Crippen molar-refractivity contribution in [1.29, 1.82) is 0 Å². The zero-order valence-corrected chi connectivity index (χ0v) is 12.9. The Kier molecular flexibility index (Phi) is 4.48. The van der Waals surface area contributed by atoms with E-state index in [2.05, 4.69) is 12.1 Å². The fourth-order valence-corrected chi connectivity index (χ4v) is 2.76. The van der Waals surface area contributed by atoms with E-state index in [4.69, 9.17) is 9.47 Å². The second kappa shape index (κ2) is 5.96. The molecule has 0 amide bonds. The highest BCUT2D eigenvalue weighted by atomic mass is 16.5. The molecule has 0 saturated carbocycles. The molecule has 1 aliphatic heterocycles. The van der Waals surface area contributed by atoms with E-state index >= 15 is 0 Å². The Balaban J connectivity index is 1.96. The van der Waals surface area contributed by atoms with Crippen molar-refractivity contribution in [3.63, 3.8) is 0 Å². The summed E-state index contributed by atoms with van der Waals surface area (Å²) in [6, 6.07) is 6.23. The summed E-state index contributed by atoms with van der Waals surface area (Å²) in [5.41, 5.74) is 2.30. The number of fused-ring (bicyclic) bond motifs is 1. The Morgan fingerprint density at radius 3 is 2.80 bits per heavy atom. The molecule has 0 saturated heterocycles. The molecule has 0 bridgehead atoms. The highest BCUT2D eigenvalue weighted by Gasteiger charge is 2.30. The summed E-state index contributed by atoms with van der Waals surface area (Å²) in [7, 11) is 1.61. The largest absolute Gasteiger partial charge is 0.493 e. The number of Topliss-reactive ketones (excluding diaryl/α,β-unsaturated/α-hetero) is 1. The molecular weight excluding hydrogens is 252 g/mol. The topological polar surface area (TPSA) is 35.5 Å². The third-order valence-corrected chi connectivity index (χ3v) is 3.73. The second-order valence-electron chi connectivity index (χ2n) is 6.49. The molecule has 1 unspecified atom stereocenters. The van der Waals surface area contributed by atoms with Crippen LogP contribution in [0.3, 0.4) is 0 Å². The summed E-state index contributed by atoms with van der Waals surface area (Å²) >= 11 is 0. The van der Waals surface area contributed by atoms with Gasteiger partial charge in [-0.25, -0.2) is 0 Å². The standard InChI is InChI=1S/C17H24O3/c1-17(2,3)16(19-4)14(18)7-5-12-6-8-15-13(11-12)9-10-20-15/h6,8,11,16H,5,7,9-10H2,1-4H3. The summed E-state index contributed by atoms with van der Waals surface area (Å²) in [4.78, 5) is 12.3. The molecule has 2 rings (SSSR count). The summed E-state index contributed by atoms with van der Waals surface area (Å²) in [5, 5.41) is 0. The lowest BCUT2D eigenvalue weighted by atomic mass is 9.85. The predicted octanol–water partition coefficient (Wildman–Crippen LogP) is 3.18. The Hall–Kier alpha value is -1.35. The van der Waals surface area contributed by atoms with E-state index in [0.717, 1.165) is 25.2 Å². The first kappa shape index (κ1) is 15.0. The maximum atomic E-state index is 12.3. The molecule has 1 atom stereocenters. The molecule has 1 heterocycles. The van der Waals surface area contributed by atoms with Gasteiger partial charge in [-0.2, -0.15) is 0 Å². The summed E-state index contributed by atoms with van der Waals surface area (Å²) in [6.45, 7) is 6.87. The van der Waals surface area contributed by atoms with Crippen molar-refractivity contribution in [2.75, 3.05) is 13.7 Å². The SMILES string of the molecule is COC(C(=O)CCc1ccc2c(c1)CCO2)C(C)(C)C. The predicted molar refractivity (Wildman–Crippen MR) is 79.2 cm³/mol. The molecule has 1 aliphatic rings. The van der Waals surface area contributed by atoms with Crippen molar-refractivity contribution in [3.05, 3.63) is 29.3 Å². The van der Waals surface area contributed by atoms with E-state index in [9.17, 15) is 4.79 Å². The minimum absolute atomic E-state index is 0.155. The third-order valence-electron chi connectivity index (χ3n) is 3.73. The van der Waals surface area contributed by atoms with Crippen LogP contribution in [0.15, 0.2) is 18.2 Å². The minimum Gasteiger partial charge on any atom is -0.493 e. The van der Waals surface area contributed by atoms with Crippen LogP contribution in [-0.4, -0.2) is 25.6 Å². The van der Waals surface area contributed by atoms with Gasteiger partial charge < -0.3 is 9.47 Å². The van der Waals surface area contributed by atoms with Gasteiger partial charge in [0.1, 0.15) is 11.9 Å². The van der Waals surface area contributed by atoms with Crippen molar-refractivity contribution in [2.24, 2.45) is 5.41 Å². The number of rotatable bonds is 5. The Morgan fingerprint density at radius 2 is 2.15 bits per heavy atom. The van der Waals surface area contributed by atoms with E-state index in [1.165, 1.54) is 11.1 Å². The fourth-order valence-electron chi connectivity index (χ4n) is 2.76. The van der Waals surface area contributed by atoms with Crippen LogP contribution in [0.1, 0.15) is 38.3 Å². The third kappa shape index (κ3) is 3.40. The molecule has 0 spiro atoms. The lowest BCUT2D eigenvalue weighted by molar-refractivity contribution is -0.134. The highest BCUT2D eigenvalue weighted by molar-refractivity contribution is 5.84. The Labute approximate surface area is 121 Å². The average Bonchev–Trinajstić information content (AvgIpc) is 2.82. The first-order valence-electron chi connectivity index (χ1n) is 7.22. The van der Waals surface area contributed by atoms with Crippen LogP contribution in [-0.2, 0) is 22.4 Å². The number of carbonyl (C=O) groups excluding carboxylic acids is 1. The van der Waals surface area contributed by atoms with Gasteiger partial charge in [-0.1, -0.05) is 32.9 Å². The summed E-state index contributed by atoms with van der Waals surface area (Å²) in [5.74, 6) is 1.17. The lowest BCUT2D eigenvalue weighted by Gasteiger charge is -2.28. The quantitative estimate of drug-likeness (QED) is 0.828. The van der Waals surface area contributed by atoms with E-state index in [-0.39, 0.29) is 17.3 Å². The summed E-state index contributed by atoms with van der Waals surface area (Å²) < 4.78 is 10.9. The maximum Gasteiger partial charge on any atom is 0.162 e. The van der Waals surface area contributed by atoms with Gasteiger partial charge in [0.05, 0.1) is 6.61 Å². The number of ether oxygens (including phenoxy) is 2. The average molecular weight is 276 g/mol. The Bertz CT molecular complexity index is 485. The summed E-state index contributed by atoms with van der Waals surface area (Å²) in [6.07, 6.45) is 1.93. The molecule has 3 nitrogen and oxygen atoms in total. The number of ketones is 1. The highest BCUT2D eigenvalue weighted by Crippen LogP contribution is 2.27. The molecule has 0 radical (unpaired) electrons. The first-order chi connectivity index (χ1) is 9.41. The van der Waals surface area contributed by atoms with Crippen LogP contribution in [0.25, 0.3) is 0 Å². The molecule has 3 heteroatoms. The van der Waals surface area contributed by atoms with Crippen molar-refractivity contribution in [3.8, 4) is 5.75 Å². The lowest BCUT2D eigenvalue weighted by Crippen LogP contribution is -2.36. The van der Waals surface area contributed by atoms with Gasteiger partial charge in [0.2, 0.25) is 0 Å². The normalized spacial score (nSPS) is 15.6. The monoisotopic (exact) mass is 276 g/mol. The van der Waals surface area contributed by atoms with Gasteiger partial charge in [-0.15, -0.1) is 0 Å². The number of hydrogen-bond acceptors (Lipinski definition) is 3. The molecule has 20 heavy (non-hydrogen) atoms. The van der Waals surface area contributed by atoms with Crippen LogP contribution in [0.4, 0.5) is 0 Å². The van der Waals surface area contributed by atoms with E-state index in [0.29, 0.717) is 6.42 Å². The van der Waals surface area contributed by atoms with Crippen LogP contribution in [0.2, 0.25) is 0 Å². The second-order valence-corrected chi connectivity index (χ2v) is 6.49. The molecule has 0 fully saturated rings. The molecule has 110 valence electrons. The molecule has 0 aliphatic carbocycles. The minimum atomic E-state index is -0.333. The van der Waals surface area contributed by atoms with Crippen LogP contribution in [0.5, 0.6) is 5.75 Å². The number of benzene rings is 1. The van der Waals surface area contributed by atoms with E-state index in [1.807, 2.05) is 26.8 Å². The number of hydrogen-bond donors (Lipinski definition) is 0. The number of methoxy groups -OCH3 is 1. The molecule has 1 aromatic rings. The van der Waals surface area contributed by atoms with E-state index < -0.39 is 0 Å². The van der Waals surface area contributed by atoms with Gasteiger partial charge in [0, 0.05) is 20.0 Å². The Morgan fingerprint density at radius 1 is 1.40 bits per heavy atom. The van der Waals surface area contributed by atoms with Crippen LogP contribution < -0.4 is 4.74 Å². The number of carbonyl (C=O) groups is 1. The van der Waals surface area contributed by atoms with Crippen molar-refractivity contribution >= 4 is 5.78 Å².